The number of thioether (sulfide) groups is 1. The monoisotopic (exact) mass is 399 g/mol. The summed E-state index contributed by atoms with van der Waals surface area (Å²) in [5.41, 5.74) is 0. The Labute approximate surface area is 140 Å². The Morgan fingerprint density at radius 3 is 2.79 bits per heavy atom. The van der Waals surface area contributed by atoms with Gasteiger partial charge in [0.15, 0.2) is 5.96 Å². The van der Waals surface area contributed by atoms with Crippen molar-refractivity contribution in [1.82, 2.24) is 10.2 Å². The lowest BCUT2D eigenvalue weighted by Gasteiger charge is -2.34. The molecule has 1 atom stereocenters. The molecule has 0 aromatic carbocycles. The zero-order chi connectivity index (χ0) is 13.4. The van der Waals surface area contributed by atoms with E-state index in [1.54, 1.807) is 0 Å². The molecule has 1 heterocycles. The third-order valence-electron chi connectivity index (χ3n) is 3.35. The van der Waals surface area contributed by atoms with E-state index < -0.39 is 0 Å². The van der Waals surface area contributed by atoms with E-state index in [2.05, 4.69) is 47.7 Å². The Balaban J connectivity index is 0.00000324. The zero-order valence-corrected chi connectivity index (χ0v) is 16.0. The van der Waals surface area contributed by atoms with Gasteiger partial charge < -0.3 is 10.2 Å². The van der Waals surface area contributed by atoms with Gasteiger partial charge in [-0.05, 0) is 25.2 Å². The number of aliphatic imine (C=N–C) groups is 1. The van der Waals surface area contributed by atoms with Crippen molar-refractivity contribution in [2.24, 2.45) is 10.9 Å². The molecule has 19 heavy (non-hydrogen) atoms. The predicted octanol–water partition coefficient (Wildman–Crippen LogP) is 3.44. The molecule has 1 fully saturated rings. The zero-order valence-electron chi connectivity index (χ0n) is 12.8. The summed E-state index contributed by atoms with van der Waals surface area (Å²) in [5.74, 6) is 3.12. The second kappa shape index (κ2) is 11.1. The average Bonchev–Trinajstić information content (AvgIpc) is 2.38. The van der Waals surface area contributed by atoms with Crippen LogP contribution >= 0.6 is 35.7 Å². The van der Waals surface area contributed by atoms with E-state index in [0.29, 0.717) is 0 Å². The Hall–Kier alpha value is 0.350. The van der Waals surface area contributed by atoms with E-state index in [9.17, 15) is 0 Å². The highest BCUT2D eigenvalue weighted by Gasteiger charge is 2.21. The Morgan fingerprint density at radius 1 is 1.47 bits per heavy atom. The van der Waals surface area contributed by atoms with Crippen LogP contribution in [0.15, 0.2) is 4.99 Å². The van der Waals surface area contributed by atoms with Crippen LogP contribution in [0.25, 0.3) is 0 Å². The normalized spacial score (nSPS) is 20.4. The Bertz CT molecular complexity index is 259. The molecular weight excluding hydrogens is 369 g/mol. The Kier molecular flexibility index (Phi) is 11.3. The molecule has 0 aromatic rings. The fourth-order valence-corrected chi connectivity index (χ4v) is 3.38. The molecule has 1 unspecified atom stereocenters. The van der Waals surface area contributed by atoms with Crippen molar-refractivity contribution in [2.45, 2.75) is 45.3 Å². The predicted molar refractivity (Wildman–Crippen MR) is 99.0 cm³/mol. The molecule has 1 aliphatic heterocycles. The van der Waals surface area contributed by atoms with Gasteiger partial charge in [0.1, 0.15) is 0 Å². The quantitative estimate of drug-likeness (QED) is 0.332. The second-order valence-electron chi connectivity index (χ2n) is 5.36. The van der Waals surface area contributed by atoms with Gasteiger partial charge in [-0.2, -0.15) is 11.8 Å². The van der Waals surface area contributed by atoms with Crippen LogP contribution in [-0.4, -0.2) is 48.5 Å². The van der Waals surface area contributed by atoms with Crippen molar-refractivity contribution in [2.75, 3.05) is 32.4 Å². The van der Waals surface area contributed by atoms with Crippen molar-refractivity contribution in [3.8, 4) is 0 Å². The van der Waals surface area contributed by atoms with Crippen LogP contribution in [0, 0.1) is 5.92 Å². The van der Waals surface area contributed by atoms with Crippen LogP contribution in [0.2, 0.25) is 0 Å². The van der Waals surface area contributed by atoms with Gasteiger partial charge in [-0.3, -0.25) is 4.99 Å². The van der Waals surface area contributed by atoms with Crippen molar-refractivity contribution in [3.63, 3.8) is 0 Å². The van der Waals surface area contributed by atoms with Gasteiger partial charge in [0.2, 0.25) is 0 Å². The number of hydrogen-bond donors (Lipinski definition) is 1. The first-order chi connectivity index (χ1) is 8.67. The van der Waals surface area contributed by atoms with Gasteiger partial charge in [0.05, 0.1) is 0 Å². The molecule has 0 radical (unpaired) electrons. The van der Waals surface area contributed by atoms with Crippen LogP contribution in [-0.2, 0) is 0 Å². The summed E-state index contributed by atoms with van der Waals surface area (Å²) in [6.07, 6.45) is 3.78. The van der Waals surface area contributed by atoms with Crippen LogP contribution < -0.4 is 5.32 Å². The minimum atomic E-state index is 0. The number of nitrogens with one attached hydrogen (secondary N) is 1. The van der Waals surface area contributed by atoms with Crippen molar-refractivity contribution in [3.05, 3.63) is 0 Å². The molecule has 1 rings (SSSR count). The first-order valence-corrected chi connectivity index (χ1v) is 8.29. The third kappa shape index (κ3) is 7.63. The lowest BCUT2D eigenvalue weighted by atomic mass is 10.1. The van der Waals surface area contributed by atoms with Crippen molar-refractivity contribution >= 4 is 41.7 Å². The minimum absolute atomic E-state index is 0. The summed E-state index contributed by atoms with van der Waals surface area (Å²) in [6, 6.07) is 0. The molecule has 0 aliphatic carbocycles. The van der Waals surface area contributed by atoms with E-state index in [1.165, 1.54) is 25.0 Å². The molecule has 1 aliphatic rings. The van der Waals surface area contributed by atoms with Gasteiger partial charge in [0, 0.05) is 37.7 Å². The number of rotatable bonds is 5. The molecule has 0 spiro atoms. The molecule has 0 amide bonds. The molecule has 1 saturated heterocycles. The molecule has 5 heteroatoms. The number of nitrogens with zero attached hydrogens (tertiary/aromatic N) is 2. The Morgan fingerprint density at radius 2 is 2.21 bits per heavy atom. The van der Waals surface area contributed by atoms with Crippen LogP contribution in [0.4, 0.5) is 0 Å². The topological polar surface area (TPSA) is 27.6 Å². The minimum Gasteiger partial charge on any atom is -0.356 e. The van der Waals surface area contributed by atoms with Crippen LogP contribution in [0.5, 0.6) is 0 Å². The van der Waals surface area contributed by atoms with Gasteiger partial charge in [-0.15, -0.1) is 24.0 Å². The largest absolute Gasteiger partial charge is 0.356 e. The fourth-order valence-electron chi connectivity index (χ4n) is 2.20. The number of hydrogen-bond acceptors (Lipinski definition) is 2. The highest BCUT2D eigenvalue weighted by atomic mass is 127. The molecule has 3 nitrogen and oxygen atoms in total. The first kappa shape index (κ1) is 19.4. The third-order valence-corrected chi connectivity index (χ3v) is 4.72. The van der Waals surface area contributed by atoms with Gasteiger partial charge in [0.25, 0.3) is 0 Å². The lowest BCUT2D eigenvalue weighted by molar-refractivity contribution is 0.406. The highest BCUT2D eigenvalue weighted by Crippen LogP contribution is 2.20. The summed E-state index contributed by atoms with van der Waals surface area (Å²) >= 11 is 2.10. The molecule has 0 saturated carbocycles. The number of halogens is 1. The van der Waals surface area contributed by atoms with Gasteiger partial charge in [-0.25, -0.2) is 0 Å². The molecular formula is C14H30IN3S. The first-order valence-electron chi connectivity index (χ1n) is 7.24. The summed E-state index contributed by atoms with van der Waals surface area (Å²) in [4.78, 5) is 6.84. The smallest absolute Gasteiger partial charge is 0.193 e. The van der Waals surface area contributed by atoms with Crippen LogP contribution in [0.3, 0.4) is 0 Å². The van der Waals surface area contributed by atoms with Gasteiger partial charge >= 0.3 is 0 Å². The van der Waals surface area contributed by atoms with E-state index in [4.69, 9.17) is 0 Å². The van der Waals surface area contributed by atoms with E-state index in [1.807, 2.05) is 7.05 Å². The van der Waals surface area contributed by atoms with Crippen molar-refractivity contribution < 1.29 is 0 Å². The maximum atomic E-state index is 4.42. The number of guanidine groups is 1. The standard InChI is InChI=1S/C14H29N3S.HI/c1-5-13-11-17(9-10-18-13)14(15-4)16-8-6-7-12(2)3;/h12-13H,5-11H2,1-4H3,(H,15,16);1H. The van der Waals surface area contributed by atoms with E-state index >= 15 is 0 Å². The molecule has 114 valence electrons. The fraction of sp³-hybridized carbons (Fsp3) is 0.929. The van der Waals surface area contributed by atoms with E-state index in [0.717, 1.165) is 36.8 Å². The summed E-state index contributed by atoms with van der Waals surface area (Å²) in [7, 11) is 1.90. The molecule has 0 bridgehead atoms. The van der Waals surface area contributed by atoms with Crippen molar-refractivity contribution in [1.29, 1.82) is 0 Å². The van der Waals surface area contributed by atoms with Crippen LogP contribution in [0.1, 0.15) is 40.0 Å². The SMILES string of the molecule is CCC1CN(C(=NC)NCCCC(C)C)CCS1.I. The second-order valence-corrected chi connectivity index (χ2v) is 6.77. The molecule has 0 aromatic heterocycles. The lowest BCUT2D eigenvalue weighted by Crippen LogP contribution is -2.48. The highest BCUT2D eigenvalue weighted by molar-refractivity contribution is 14.0. The average molecular weight is 399 g/mol. The maximum Gasteiger partial charge on any atom is 0.193 e. The van der Waals surface area contributed by atoms with Gasteiger partial charge in [-0.1, -0.05) is 20.8 Å². The summed E-state index contributed by atoms with van der Waals surface area (Å²) < 4.78 is 0. The molecule has 1 N–H and O–H groups in total. The summed E-state index contributed by atoms with van der Waals surface area (Å²) in [5, 5.41) is 4.28. The maximum absolute atomic E-state index is 4.42. The summed E-state index contributed by atoms with van der Waals surface area (Å²) in [6.45, 7) is 10.2. The van der Waals surface area contributed by atoms with E-state index in [-0.39, 0.29) is 24.0 Å².